The third kappa shape index (κ3) is 3.93. The van der Waals surface area contributed by atoms with E-state index in [4.69, 9.17) is 10.5 Å². The minimum atomic E-state index is -0.537. The van der Waals surface area contributed by atoms with Gasteiger partial charge in [0.05, 0.1) is 6.61 Å². The summed E-state index contributed by atoms with van der Waals surface area (Å²) in [5.74, 6) is 0.431. The van der Waals surface area contributed by atoms with E-state index in [2.05, 4.69) is 12.1 Å². The highest BCUT2D eigenvalue weighted by atomic mass is 35.5. The van der Waals surface area contributed by atoms with Crippen LogP contribution in [-0.2, 0) is 9.53 Å². The Hall–Kier alpha value is -1.10. The topological polar surface area (TPSA) is 55.6 Å². The molecule has 1 amide bonds. The van der Waals surface area contributed by atoms with Gasteiger partial charge in [-0.1, -0.05) is 30.3 Å². The predicted octanol–water partition coefficient (Wildman–Crippen LogP) is 1.40. The molecular weight excluding hydrogens is 264 g/mol. The van der Waals surface area contributed by atoms with Crippen LogP contribution in [0.1, 0.15) is 17.9 Å². The van der Waals surface area contributed by atoms with Crippen molar-refractivity contribution < 1.29 is 9.53 Å². The van der Waals surface area contributed by atoms with Gasteiger partial charge in [0.1, 0.15) is 6.04 Å². The van der Waals surface area contributed by atoms with Gasteiger partial charge >= 0.3 is 0 Å². The number of benzene rings is 1. The van der Waals surface area contributed by atoms with Gasteiger partial charge in [-0.25, -0.2) is 0 Å². The van der Waals surface area contributed by atoms with E-state index >= 15 is 0 Å². The second kappa shape index (κ2) is 7.48. The van der Waals surface area contributed by atoms with Gasteiger partial charge < -0.3 is 15.4 Å². The summed E-state index contributed by atoms with van der Waals surface area (Å²) in [5, 5.41) is 0. The maximum absolute atomic E-state index is 12.0. The minimum Gasteiger partial charge on any atom is -0.383 e. The number of nitrogens with two attached hydrogens (primary N) is 1. The third-order valence-electron chi connectivity index (χ3n) is 3.43. The summed E-state index contributed by atoms with van der Waals surface area (Å²) in [5.41, 5.74) is 7.07. The number of carbonyl (C=O) groups excluding carboxylic acids is 1. The number of rotatable bonds is 4. The number of methoxy groups -OCH3 is 1. The van der Waals surface area contributed by atoms with E-state index in [0.29, 0.717) is 5.92 Å². The zero-order valence-corrected chi connectivity index (χ0v) is 11.9. The van der Waals surface area contributed by atoms with Crippen LogP contribution in [0.5, 0.6) is 0 Å². The number of carbonyl (C=O) groups is 1. The third-order valence-corrected chi connectivity index (χ3v) is 3.43. The number of amides is 1. The Morgan fingerprint density at radius 2 is 2.16 bits per heavy atom. The molecule has 1 aliphatic heterocycles. The van der Waals surface area contributed by atoms with Crippen molar-refractivity contribution in [2.24, 2.45) is 5.73 Å². The first-order chi connectivity index (χ1) is 8.72. The molecule has 1 heterocycles. The number of hydrogen-bond donors (Lipinski definition) is 1. The second-order valence-electron chi connectivity index (χ2n) is 4.74. The molecule has 1 saturated heterocycles. The highest BCUT2D eigenvalue weighted by Crippen LogP contribution is 2.27. The molecular formula is C14H21ClN2O2. The first kappa shape index (κ1) is 16.0. The van der Waals surface area contributed by atoms with Crippen molar-refractivity contribution in [1.29, 1.82) is 0 Å². The fourth-order valence-corrected chi connectivity index (χ4v) is 2.44. The number of hydrogen-bond acceptors (Lipinski definition) is 3. The molecule has 106 valence electrons. The summed E-state index contributed by atoms with van der Waals surface area (Å²) in [6.45, 7) is 1.83. The lowest BCUT2D eigenvalue weighted by Gasteiger charge is -2.20. The van der Waals surface area contributed by atoms with Crippen LogP contribution in [0, 0.1) is 0 Å². The van der Waals surface area contributed by atoms with Crippen LogP contribution in [0.25, 0.3) is 0 Å². The summed E-state index contributed by atoms with van der Waals surface area (Å²) >= 11 is 0. The molecule has 1 fully saturated rings. The van der Waals surface area contributed by atoms with Crippen LogP contribution in [0.3, 0.4) is 0 Å². The van der Waals surface area contributed by atoms with Crippen molar-refractivity contribution in [1.82, 2.24) is 4.90 Å². The fourth-order valence-electron chi connectivity index (χ4n) is 2.44. The average molecular weight is 285 g/mol. The summed E-state index contributed by atoms with van der Waals surface area (Å²) in [6.07, 6.45) is 1.01. The van der Waals surface area contributed by atoms with Gasteiger partial charge in [-0.15, -0.1) is 12.4 Å². The minimum absolute atomic E-state index is 0. The Labute approximate surface area is 120 Å². The molecule has 0 aromatic heterocycles. The van der Waals surface area contributed by atoms with Crippen molar-refractivity contribution >= 4 is 18.3 Å². The summed E-state index contributed by atoms with van der Waals surface area (Å²) in [7, 11) is 1.56. The number of halogens is 1. The van der Waals surface area contributed by atoms with Gasteiger partial charge in [-0.3, -0.25) is 4.79 Å². The molecule has 0 aliphatic carbocycles. The monoisotopic (exact) mass is 284 g/mol. The van der Waals surface area contributed by atoms with Gasteiger partial charge in [0.15, 0.2) is 0 Å². The van der Waals surface area contributed by atoms with Crippen LogP contribution in [-0.4, -0.2) is 43.7 Å². The van der Waals surface area contributed by atoms with Crippen molar-refractivity contribution in [2.45, 2.75) is 18.4 Å². The molecule has 0 bridgehead atoms. The molecule has 1 aromatic rings. The standard InChI is InChI=1S/C14H20N2O2.ClH/c1-18-10-13(15)14(17)16-8-7-12(9-16)11-5-3-2-4-6-11;/h2-6,12-13H,7-10,15H2,1H3;1H. The molecule has 0 saturated carbocycles. The molecule has 1 aromatic carbocycles. The zero-order chi connectivity index (χ0) is 13.0. The van der Waals surface area contributed by atoms with Crippen molar-refractivity contribution in [3.8, 4) is 0 Å². The van der Waals surface area contributed by atoms with Crippen LogP contribution in [0.2, 0.25) is 0 Å². The Balaban J connectivity index is 0.00000180. The lowest BCUT2D eigenvalue weighted by molar-refractivity contribution is -0.132. The molecule has 19 heavy (non-hydrogen) atoms. The largest absolute Gasteiger partial charge is 0.383 e. The van der Waals surface area contributed by atoms with Crippen LogP contribution in [0.15, 0.2) is 30.3 Å². The number of nitrogens with zero attached hydrogens (tertiary/aromatic N) is 1. The van der Waals surface area contributed by atoms with E-state index in [-0.39, 0.29) is 24.9 Å². The van der Waals surface area contributed by atoms with E-state index in [1.54, 1.807) is 7.11 Å². The van der Waals surface area contributed by atoms with Crippen LogP contribution >= 0.6 is 12.4 Å². The van der Waals surface area contributed by atoms with Gasteiger partial charge in [0.2, 0.25) is 5.91 Å². The quantitative estimate of drug-likeness (QED) is 0.909. The fraction of sp³-hybridized carbons (Fsp3) is 0.500. The summed E-state index contributed by atoms with van der Waals surface area (Å²) in [4.78, 5) is 13.9. The molecule has 1 aliphatic rings. The molecule has 2 N–H and O–H groups in total. The molecule has 0 radical (unpaired) electrons. The van der Waals surface area contributed by atoms with Crippen molar-refractivity contribution in [2.75, 3.05) is 26.8 Å². The van der Waals surface area contributed by atoms with Crippen LogP contribution < -0.4 is 5.73 Å². The van der Waals surface area contributed by atoms with Crippen molar-refractivity contribution in [3.63, 3.8) is 0 Å². The summed E-state index contributed by atoms with van der Waals surface area (Å²) < 4.78 is 4.92. The smallest absolute Gasteiger partial charge is 0.241 e. The lowest BCUT2D eigenvalue weighted by Crippen LogP contribution is -2.45. The van der Waals surface area contributed by atoms with Gasteiger partial charge in [-0.05, 0) is 12.0 Å². The predicted molar refractivity (Wildman–Crippen MR) is 77.5 cm³/mol. The first-order valence-electron chi connectivity index (χ1n) is 6.30. The van der Waals surface area contributed by atoms with Crippen molar-refractivity contribution in [3.05, 3.63) is 35.9 Å². The van der Waals surface area contributed by atoms with Crippen LogP contribution in [0.4, 0.5) is 0 Å². The number of ether oxygens (including phenoxy) is 1. The van der Waals surface area contributed by atoms with E-state index in [1.165, 1.54) is 5.56 Å². The normalized spacial score (nSPS) is 19.9. The van der Waals surface area contributed by atoms with Gasteiger partial charge in [0.25, 0.3) is 0 Å². The lowest BCUT2D eigenvalue weighted by atomic mass is 9.99. The zero-order valence-electron chi connectivity index (χ0n) is 11.1. The maximum Gasteiger partial charge on any atom is 0.241 e. The molecule has 2 atom stereocenters. The SMILES string of the molecule is COCC(N)C(=O)N1CCC(c2ccccc2)C1.Cl. The van der Waals surface area contributed by atoms with E-state index < -0.39 is 6.04 Å². The molecule has 2 rings (SSSR count). The highest BCUT2D eigenvalue weighted by Gasteiger charge is 2.29. The molecule has 5 heteroatoms. The Morgan fingerprint density at radius 1 is 1.47 bits per heavy atom. The van der Waals surface area contributed by atoms with Gasteiger partial charge in [0, 0.05) is 26.1 Å². The van der Waals surface area contributed by atoms with Gasteiger partial charge in [-0.2, -0.15) is 0 Å². The highest BCUT2D eigenvalue weighted by molar-refractivity contribution is 5.85. The average Bonchev–Trinajstić information content (AvgIpc) is 2.89. The Kier molecular flexibility index (Phi) is 6.28. The Morgan fingerprint density at radius 3 is 2.79 bits per heavy atom. The second-order valence-corrected chi connectivity index (χ2v) is 4.74. The molecule has 2 unspecified atom stereocenters. The Bertz CT molecular complexity index is 400. The first-order valence-corrected chi connectivity index (χ1v) is 6.30. The maximum atomic E-state index is 12.0. The molecule has 0 spiro atoms. The van der Waals surface area contributed by atoms with E-state index in [1.807, 2.05) is 23.1 Å². The number of likely N-dealkylation sites (tertiary alicyclic amines) is 1. The van der Waals surface area contributed by atoms with E-state index in [0.717, 1.165) is 19.5 Å². The molecule has 4 nitrogen and oxygen atoms in total. The summed E-state index contributed by atoms with van der Waals surface area (Å²) in [6, 6.07) is 9.79. The van der Waals surface area contributed by atoms with E-state index in [9.17, 15) is 4.79 Å².